The number of nitrogen functional groups attached to an aromatic ring is 1. The second-order valence-electron chi connectivity index (χ2n) is 3.73. The van der Waals surface area contributed by atoms with Gasteiger partial charge in [-0.2, -0.15) is 0 Å². The number of nitrogens with zero attached hydrogens (tertiary/aromatic N) is 2. The lowest BCUT2D eigenvalue weighted by molar-refractivity contribution is 0.849. The number of nitrogens with two attached hydrogens (primary N) is 1. The van der Waals surface area contributed by atoms with Gasteiger partial charge in [0.15, 0.2) is 0 Å². The zero-order chi connectivity index (χ0) is 11.0. The molecule has 0 spiro atoms. The minimum atomic E-state index is 0.803. The largest absolute Gasteiger partial charge is 0.399 e. The molecule has 0 aliphatic heterocycles. The second-order valence-corrected chi connectivity index (χ2v) is 4.70. The smallest absolute Gasteiger partial charge is 0.0794 e. The SMILES string of the molecule is Nc1ccc2ccn(Cc3cncs3)c2c1. The molecule has 0 aliphatic rings. The average Bonchev–Trinajstić information content (AvgIpc) is 2.90. The summed E-state index contributed by atoms with van der Waals surface area (Å²) in [5.74, 6) is 0. The first-order chi connectivity index (χ1) is 7.83. The molecule has 3 nitrogen and oxygen atoms in total. The van der Waals surface area contributed by atoms with Crippen molar-refractivity contribution in [3.63, 3.8) is 0 Å². The highest BCUT2D eigenvalue weighted by molar-refractivity contribution is 7.09. The highest BCUT2D eigenvalue weighted by Crippen LogP contribution is 2.20. The van der Waals surface area contributed by atoms with Crippen LogP contribution in [0, 0.1) is 0 Å². The first kappa shape index (κ1) is 9.42. The molecule has 0 saturated carbocycles. The number of thiazole rings is 1. The van der Waals surface area contributed by atoms with Crippen LogP contribution < -0.4 is 5.73 Å². The summed E-state index contributed by atoms with van der Waals surface area (Å²) >= 11 is 1.67. The van der Waals surface area contributed by atoms with E-state index in [0.29, 0.717) is 0 Å². The maximum Gasteiger partial charge on any atom is 0.0794 e. The van der Waals surface area contributed by atoms with Gasteiger partial charge in [0.1, 0.15) is 0 Å². The molecule has 3 aromatic rings. The summed E-state index contributed by atoms with van der Waals surface area (Å²) in [6, 6.07) is 8.10. The molecule has 0 radical (unpaired) electrons. The van der Waals surface area contributed by atoms with Crippen LogP contribution in [0.25, 0.3) is 10.9 Å². The lowest BCUT2D eigenvalue weighted by Crippen LogP contribution is -1.96. The van der Waals surface area contributed by atoms with E-state index in [2.05, 4.69) is 21.8 Å². The Morgan fingerprint density at radius 1 is 1.31 bits per heavy atom. The van der Waals surface area contributed by atoms with Gasteiger partial charge < -0.3 is 10.3 Å². The van der Waals surface area contributed by atoms with Crippen molar-refractivity contribution in [1.29, 1.82) is 0 Å². The maximum atomic E-state index is 5.80. The predicted molar refractivity (Wildman–Crippen MR) is 67.6 cm³/mol. The second kappa shape index (κ2) is 3.64. The summed E-state index contributed by atoms with van der Waals surface area (Å²) in [7, 11) is 0. The van der Waals surface area contributed by atoms with Crippen molar-refractivity contribution in [2.45, 2.75) is 6.54 Å². The Labute approximate surface area is 97.2 Å². The van der Waals surface area contributed by atoms with Crippen LogP contribution in [0.4, 0.5) is 5.69 Å². The topological polar surface area (TPSA) is 43.8 Å². The molecular formula is C12H11N3S. The average molecular weight is 229 g/mol. The van der Waals surface area contributed by atoms with E-state index < -0.39 is 0 Å². The van der Waals surface area contributed by atoms with Crippen molar-refractivity contribution >= 4 is 27.9 Å². The summed E-state index contributed by atoms with van der Waals surface area (Å²) in [6.07, 6.45) is 3.99. The molecule has 2 heterocycles. The van der Waals surface area contributed by atoms with Gasteiger partial charge in [-0.1, -0.05) is 6.07 Å². The van der Waals surface area contributed by atoms with Gasteiger partial charge in [-0.15, -0.1) is 11.3 Å². The number of benzene rings is 1. The van der Waals surface area contributed by atoms with Gasteiger partial charge in [-0.3, -0.25) is 4.98 Å². The molecule has 0 fully saturated rings. The van der Waals surface area contributed by atoms with Crippen molar-refractivity contribution in [3.05, 3.63) is 47.0 Å². The fourth-order valence-electron chi connectivity index (χ4n) is 1.83. The first-order valence-electron chi connectivity index (χ1n) is 5.05. The van der Waals surface area contributed by atoms with Crippen molar-refractivity contribution in [1.82, 2.24) is 9.55 Å². The predicted octanol–water partition coefficient (Wildman–Crippen LogP) is 2.73. The van der Waals surface area contributed by atoms with Gasteiger partial charge in [-0.25, -0.2) is 0 Å². The minimum absolute atomic E-state index is 0.803. The van der Waals surface area contributed by atoms with Crippen molar-refractivity contribution in [2.75, 3.05) is 5.73 Å². The van der Waals surface area contributed by atoms with Gasteiger partial charge in [0.2, 0.25) is 0 Å². The van der Waals surface area contributed by atoms with Crippen LogP contribution in [0.3, 0.4) is 0 Å². The summed E-state index contributed by atoms with van der Waals surface area (Å²) < 4.78 is 2.19. The Morgan fingerprint density at radius 3 is 3.06 bits per heavy atom. The van der Waals surface area contributed by atoms with Crippen LogP contribution in [-0.2, 0) is 6.54 Å². The molecule has 80 valence electrons. The summed E-state index contributed by atoms with van der Waals surface area (Å²) in [5, 5.41) is 1.22. The molecular weight excluding hydrogens is 218 g/mol. The number of rotatable bonds is 2. The lowest BCUT2D eigenvalue weighted by Gasteiger charge is -2.03. The van der Waals surface area contributed by atoms with Crippen LogP contribution in [0.2, 0.25) is 0 Å². The van der Waals surface area contributed by atoms with E-state index in [1.807, 2.05) is 29.9 Å². The van der Waals surface area contributed by atoms with Gasteiger partial charge in [0.25, 0.3) is 0 Å². The quantitative estimate of drug-likeness (QED) is 0.687. The van der Waals surface area contributed by atoms with Crippen molar-refractivity contribution < 1.29 is 0 Å². The first-order valence-corrected chi connectivity index (χ1v) is 5.92. The van der Waals surface area contributed by atoms with Gasteiger partial charge in [-0.05, 0) is 23.6 Å². The molecule has 0 saturated heterocycles. The monoisotopic (exact) mass is 229 g/mol. The van der Waals surface area contributed by atoms with Gasteiger partial charge in [0.05, 0.1) is 17.6 Å². The molecule has 0 amide bonds. The van der Waals surface area contributed by atoms with E-state index in [4.69, 9.17) is 5.73 Å². The summed E-state index contributed by atoms with van der Waals surface area (Å²) in [4.78, 5) is 5.33. The Kier molecular flexibility index (Phi) is 2.15. The third-order valence-electron chi connectivity index (χ3n) is 2.61. The Morgan fingerprint density at radius 2 is 2.25 bits per heavy atom. The molecule has 0 bridgehead atoms. The summed E-state index contributed by atoms with van der Waals surface area (Å²) in [5.41, 5.74) is 9.64. The number of hydrogen-bond acceptors (Lipinski definition) is 3. The normalized spacial score (nSPS) is 11.0. The number of anilines is 1. The molecule has 3 rings (SSSR count). The van der Waals surface area contributed by atoms with E-state index in [9.17, 15) is 0 Å². The van der Waals surface area contributed by atoms with Gasteiger partial charge in [0, 0.05) is 23.0 Å². The molecule has 16 heavy (non-hydrogen) atoms. The van der Waals surface area contributed by atoms with E-state index in [1.54, 1.807) is 11.3 Å². The van der Waals surface area contributed by atoms with Crippen LogP contribution in [0.1, 0.15) is 4.88 Å². The number of hydrogen-bond donors (Lipinski definition) is 1. The molecule has 0 aliphatic carbocycles. The van der Waals surface area contributed by atoms with Crippen molar-refractivity contribution in [2.24, 2.45) is 0 Å². The fourth-order valence-corrected chi connectivity index (χ4v) is 2.42. The minimum Gasteiger partial charge on any atom is -0.399 e. The van der Waals surface area contributed by atoms with Crippen LogP contribution in [0.5, 0.6) is 0 Å². The maximum absolute atomic E-state index is 5.80. The molecule has 0 unspecified atom stereocenters. The highest BCUT2D eigenvalue weighted by Gasteiger charge is 2.02. The third-order valence-corrected chi connectivity index (χ3v) is 3.37. The molecule has 1 aromatic carbocycles. The standard InChI is InChI=1S/C12H11N3S/c13-10-2-1-9-3-4-15(12(9)5-10)7-11-6-14-8-16-11/h1-6,8H,7,13H2. The van der Waals surface area contributed by atoms with Crippen LogP contribution in [-0.4, -0.2) is 9.55 Å². The zero-order valence-electron chi connectivity index (χ0n) is 8.63. The lowest BCUT2D eigenvalue weighted by atomic mass is 10.2. The number of aromatic nitrogens is 2. The fraction of sp³-hybridized carbons (Fsp3) is 0.0833. The van der Waals surface area contributed by atoms with Crippen LogP contribution in [0.15, 0.2) is 42.2 Å². The van der Waals surface area contributed by atoms with Crippen molar-refractivity contribution in [3.8, 4) is 0 Å². The third kappa shape index (κ3) is 1.57. The molecule has 2 N–H and O–H groups in total. The Bertz CT molecular complexity index is 610. The van der Waals surface area contributed by atoms with E-state index >= 15 is 0 Å². The Hall–Kier alpha value is -1.81. The molecule has 0 atom stereocenters. The zero-order valence-corrected chi connectivity index (χ0v) is 9.45. The van der Waals surface area contributed by atoms with E-state index in [1.165, 1.54) is 15.8 Å². The van der Waals surface area contributed by atoms with Crippen LogP contribution >= 0.6 is 11.3 Å². The number of fused-ring (bicyclic) bond motifs is 1. The summed E-state index contributed by atoms with van der Waals surface area (Å²) in [6.45, 7) is 0.859. The van der Waals surface area contributed by atoms with E-state index in [0.717, 1.165) is 12.2 Å². The Balaban J connectivity index is 2.07. The van der Waals surface area contributed by atoms with Gasteiger partial charge >= 0.3 is 0 Å². The van der Waals surface area contributed by atoms with E-state index in [-0.39, 0.29) is 0 Å². The molecule has 2 aromatic heterocycles. The highest BCUT2D eigenvalue weighted by atomic mass is 32.1. The molecule has 4 heteroatoms.